The molecule has 0 unspecified atom stereocenters. The van der Waals surface area contributed by atoms with Gasteiger partial charge in [0.1, 0.15) is 11.4 Å². The number of nitrogens with one attached hydrogen (secondary N) is 3. The Kier molecular flexibility index (Phi) is 7.51. The van der Waals surface area contributed by atoms with E-state index < -0.39 is 0 Å². The van der Waals surface area contributed by atoms with Gasteiger partial charge in [0, 0.05) is 55.5 Å². The van der Waals surface area contributed by atoms with Crippen LogP contribution in [0.4, 0.5) is 28.8 Å². The Hall–Kier alpha value is -3.65. The fourth-order valence-electron chi connectivity index (χ4n) is 4.13. The number of aryl methyl sites for hydroxylation is 2. The zero-order valence-corrected chi connectivity index (χ0v) is 21.2. The number of hydrogen-bond acceptors (Lipinski definition) is 7. The molecule has 184 valence electrons. The van der Waals surface area contributed by atoms with E-state index in [4.69, 9.17) is 0 Å². The number of piperazine rings is 1. The van der Waals surface area contributed by atoms with Crippen molar-refractivity contribution < 1.29 is 4.79 Å². The molecule has 0 saturated carbocycles. The second-order valence-corrected chi connectivity index (χ2v) is 9.44. The largest absolute Gasteiger partial charge is 0.369 e. The highest BCUT2D eigenvalue weighted by atomic mass is 16.1. The summed E-state index contributed by atoms with van der Waals surface area (Å²) in [6.07, 6.45) is 1.57. The van der Waals surface area contributed by atoms with E-state index in [0.29, 0.717) is 17.3 Å². The summed E-state index contributed by atoms with van der Waals surface area (Å²) in [4.78, 5) is 26.9. The summed E-state index contributed by atoms with van der Waals surface area (Å²) in [5.74, 6) is 0.688. The maximum atomic E-state index is 13.1. The van der Waals surface area contributed by atoms with Gasteiger partial charge in [-0.05, 0) is 70.1 Å². The number of aromatic nitrogens is 2. The first-order chi connectivity index (χ1) is 16.8. The van der Waals surface area contributed by atoms with Crippen LogP contribution in [-0.2, 0) is 0 Å². The van der Waals surface area contributed by atoms with Crippen LogP contribution >= 0.6 is 0 Å². The Morgan fingerprint density at radius 3 is 2.26 bits per heavy atom. The molecule has 1 aromatic heterocycles. The Labute approximate surface area is 207 Å². The monoisotopic (exact) mass is 473 g/mol. The Balaban J connectivity index is 1.51. The van der Waals surface area contributed by atoms with Crippen LogP contribution in [0.3, 0.4) is 0 Å². The molecule has 8 heteroatoms. The maximum absolute atomic E-state index is 13.1. The van der Waals surface area contributed by atoms with Gasteiger partial charge in [0.25, 0.3) is 5.91 Å². The lowest BCUT2D eigenvalue weighted by Crippen LogP contribution is -2.44. The average molecular weight is 474 g/mol. The number of amides is 1. The van der Waals surface area contributed by atoms with Crippen molar-refractivity contribution in [2.75, 3.05) is 54.1 Å². The van der Waals surface area contributed by atoms with Gasteiger partial charge >= 0.3 is 0 Å². The molecule has 0 bridgehead atoms. The smallest absolute Gasteiger partial charge is 0.261 e. The maximum Gasteiger partial charge on any atom is 0.261 e. The highest BCUT2D eigenvalue weighted by molar-refractivity contribution is 6.08. The van der Waals surface area contributed by atoms with Crippen LogP contribution in [0.25, 0.3) is 0 Å². The quantitative estimate of drug-likeness (QED) is 0.460. The highest BCUT2D eigenvalue weighted by Crippen LogP contribution is 2.24. The first-order valence-electron chi connectivity index (χ1n) is 12.1. The van der Waals surface area contributed by atoms with Crippen LogP contribution in [0.15, 0.2) is 48.7 Å². The van der Waals surface area contributed by atoms with E-state index in [1.165, 1.54) is 5.69 Å². The molecule has 0 spiro atoms. The Bertz CT molecular complexity index is 1150. The SMILES string of the molecule is Cc1cccc(C)c1NC(=O)c1cnc(Nc2ccc(N3CCN(C)CC3)cc2)nc1NC(C)C. The lowest BCUT2D eigenvalue weighted by atomic mass is 10.1. The second-order valence-electron chi connectivity index (χ2n) is 9.44. The zero-order valence-electron chi connectivity index (χ0n) is 21.2. The normalized spacial score (nSPS) is 14.2. The summed E-state index contributed by atoms with van der Waals surface area (Å²) in [6.45, 7) is 12.2. The topological polar surface area (TPSA) is 85.4 Å². The van der Waals surface area contributed by atoms with E-state index >= 15 is 0 Å². The highest BCUT2D eigenvalue weighted by Gasteiger charge is 2.18. The van der Waals surface area contributed by atoms with E-state index in [9.17, 15) is 4.79 Å². The van der Waals surface area contributed by atoms with E-state index in [2.05, 4.69) is 54.9 Å². The summed E-state index contributed by atoms with van der Waals surface area (Å²) in [5, 5.41) is 9.59. The molecule has 2 heterocycles. The third-order valence-electron chi connectivity index (χ3n) is 6.17. The molecule has 0 atom stereocenters. The van der Waals surface area contributed by atoms with Crippen molar-refractivity contribution in [3.05, 3.63) is 65.4 Å². The molecule has 1 aliphatic heterocycles. The van der Waals surface area contributed by atoms with Crippen molar-refractivity contribution in [2.45, 2.75) is 33.7 Å². The predicted octanol–water partition coefficient (Wildman–Crippen LogP) is 4.66. The molecule has 0 aliphatic carbocycles. The minimum atomic E-state index is -0.242. The van der Waals surface area contributed by atoms with Gasteiger partial charge in [-0.2, -0.15) is 4.98 Å². The number of anilines is 5. The van der Waals surface area contributed by atoms with Gasteiger partial charge in [-0.25, -0.2) is 4.98 Å². The summed E-state index contributed by atoms with van der Waals surface area (Å²) in [7, 11) is 2.16. The standard InChI is InChI=1S/C27H35N7O/c1-18(2)29-25-23(26(35)31-24-19(3)7-6-8-20(24)4)17-28-27(32-25)30-21-9-11-22(12-10-21)34-15-13-33(5)14-16-34/h6-12,17-18H,13-16H2,1-5H3,(H,31,35)(H2,28,29,30,32). The molecular formula is C27H35N7O. The van der Waals surface area contributed by atoms with Gasteiger partial charge in [0.2, 0.25) is 5.95 Å². The fourth-order valence-corrected chi connectivity index (χ4v) is 4.13. The van der Waals surface area contributed by atoms with Gasteiger partial charge in [-0.3, -0.25) is 4.79 Å². The number of hydrogen-bond donors (Lipinski definition) is 3. The number of carbonyl (C=O) groups is 1. The van der Waals surface area contributed by atoms with Crippen molar-refractivity contribution in [1.29, 1.82) is 0 Å². The van der Waals surface area contributed by atoms with Crippen LogP contribution in [0, 0.1) is 13.8 Å². The molecule has 1 aliphatic rings. The van der Waals surface area contributed by atoms with Gasteiger partial charge in [-0.15, -0.1) is 0 Å². The third kappa shape index (κ3) is 6.08. The number of rotatable bonds is 7. The van der Waals surface area contributed by atoms with Gasteiger partial charge < -0.3 is 25.8 Å². The van der Waals surface area contributed by atoms with Gasteiger partial charge in [0.15, 0.2) is 0 Å². The van der Waals surface area contributed by atoms with E-state index in [-0.39, 0.29) is 11.9 Å². The summed E-state index contributed by atoms with van der Waals surface area (Å²) in [6, 6.07) is 14.4. The molecule has 8 nitrogen and oxygen atoms in total. The first-order valence-corrected chi connectivity index (χ1v) is 12.1. The third-order valence-corrected chi connectivity index (χ3v) is 6.17. The molecule has 0 radical (unpaired) electrons. The van der Waals surface area contributed by atoms with Crippen LogP contribution < -0.4 is 20.9 Å². The molecular weight excluding hydrogens is 438 g/mol. The number of para-hydroxylation sites is 1. The minimum Gasteiger partial charge on any atom is -0.369 e. The molecule has 1 saturated heterocycles. The van der Waals surface area contributed by atoms with Gasteiger partial charge in [-0.1, -0.05) is 18.2 Å². The number of carbonyl (C=O) groups excluding carboxylic acids is 1. The van der Waals surface area contributed by atoms with E-state index in [0.717, 1.165) is 48.7 Å². The molecule has 4 rings (SSSR count). The number of nitrogens with zero attached hydrogens (tertiary/aromatic N) is 4. The van der Waals surface area contributed by atoms with Crippen LogP contribution in [0.5, 0.6) is 0 Å². The lowest BCUT2D eigenvalue weighted by Gasteiger charge is -2.34. The first kappa shape index (κ1) is 24.5. The Morgan fingerprint density at radius 1 is 0.971 bits per heavy atom. The predicted molar refractivity (Wildman–Crippen MR) is 144 cm³/mol. The molecule has 2 aromatic carbocycles. The molecule has 1 amide bonds. The van der Waals surface area contributed by atoms with Crippen LogP contribution in [0.1, 0.15) is 35.3 Å². The van der Waals surface area contributed by atoms with Crippen molar-refractivity contribution in [1.82, 2.24) is 14.9 Å². The second kappa shape index (κ2) is 10.7. The molecule has 3 aromatic rings. The van der Waals surface area contributed by atoms with Crippen molar-refractivity contribution in [2.24, 2.45) is 0 Å². The molecule has 1 fully saturated rings. The van der Waals surface area contributed by atoms with E-state index in [1.807, 2.05) is 58.0 Å². The lowest BCUT2D eigenvalue weighted by molar-refractivity contribution is 0.102. The summed E-state index contributed by atoms with van der Waals surface area (Å²) < 4.78 is 0. The summed E-state index contributed by atoms with van der Waals surface area (Å²) in [5.41, 5.74) is 5.34. The van der Waals surface area contributed by atoms with Crippen LogP contribution in [-0.4, -0.2) is 60.0 Å². The number of benzene rings is 2. The van der Waals surface area contributed by atoms with Gasteiger partial charge in [0.05, 0.1) is 0 Å². The zero-order chi connectivity index (χ0) is 24.9. The summed E-state index contributed by atoms with van der Waals surface area (Å²) >= 11 is 0. The van der Waals surface area contributed by atoms with Crippen molar-refractivity contribution >= 4 is 34.7 Å². The number of likely N-dealkylation sites (N-methyl/N-ethyl adjacent to an activating group) is 1. The van der Waals surface area contributed by atoms with Crippen LogP contribution in [0.2, 0.25) is 0 Å². The molecule has 3 N–H and O–H groups in total. The average Bonchev–Trinajstić information content (AvgIpc) is 2.82. The fraction of sp³-hybridized carbons (Fsp3) is 0.370. The minimum absolute atomic E-state index is 0.104. The Morgan fingerprint density at radius 2 is 1.63 bits per heavy atom. The van der Waals surface area contributed by atoms with Crippen molar-refractivity contribution in [3.63, 3.8) is 0 Å². The van der Waals surface area contributed by atoms with E-state index in [1.54, 1.807) is 6.20 Å². The molecule has 35 heavy (non-hydrogen) atoms. The van der Waals surface area contributed by atoms with Crippen molar-refractivity contribution in [3.8, 4) is 0 Å².